The van der Waals surface area contributed by atoms with Gasteiger partial charge in [-0.1, -0.05) is 41.9 Å². The molecule has 2 bridgehead atoms. The summed E-state index contributed by atoms with van der Waals surface area (Å²) in [6.07, 6.45) is 4.42. The van der Waals surface area contributed by atoms with E-state index in [4.69, 9.17) is 18.4 Å². The Morgan fingerprint density at radius 1 is 0.907 bits per heavy atom. The van der Waals surface area contributed by atoms with E-state index in [0.717, 1.165) is 76.0 Å². The molecule has 8 nitrogen and oxygen atoms in total. The van der Waals surface area contributed by atoms with E-state index in [1.165, 1.54) is 19.3 Å². The van der Waals surface area contributed by atoms with Crippen LogP contribution in [0.15, 0.2) is 57.5 Å². The molecule has 0 spiro atoms. The summed E-state index contributed by atoms with van der Waals surface area (Å²) in [7, 11) is 0. The monoisotopic (exact) mass is 583 g/mol. The number of aryl methyl sites for hydroxylation is 3. The molecule has 1 fully saturated rings. The highest BCUT2D eigenvalue weighted by Gasteiger charge is 2.24. The van der Waals surface area contributed by atoms with E-state index in [0.29, 0.717) is 45.1 Å². The Morgan fingerprint density at radius 3 is 2.56 bits per heavy atom. The zero-order valence-electron chi connectivity index (χ0n) is 25.5. The minimum atomic E-state index is -0.103. The Kier molecular flexibility index (Phi) is 8.95. The van der Waals surface area contributed by atoms with E-state index >= 15 is 0 Å². The van der Waals surface area contributed by atoms with Crippen molar-refractivity contribution in [2.75, 3.05) is 39.5 Å². The van der Waals surface area contributed by atoms with Crippen molar-refractivity contribution in [2.45, 2.75) is 59.5 Å². The summed E-state index contributed by atoms with van der Waals surface area (Å²) in [5, 5.41) is 4.14. The fraction of sp³-hybridized carbons (Fsp3) is 0.429. The van der Waals surface area contributed by atoms with Crippen molar-refractivity contribution < 1.29 is 23.2 Å². The van der Waals surface area contributed by atoms with Crippen molar-refractivity contribution in [1.29, 1.82) is 0 Å². The van der Waals surface area contributed by atoms with Crippen molar-refractivity contribution >= 4 is 5.91 Å². The maximum atomic E-state index is 13.9. The van der Waals surface area contributed by atoms with Crippen LogP contribution < -0.4 is 4.74 Å². The molecular weight excluding hydrogens is 542 g/mol. The molecule has 226 valence electrons. The van der Waals surface area contributed by atoms with Gasteiger partial charge in [0, 0.05) is 30.6 Å². The molecule has 0 radical (unpaired) electrons. The molecule has 0 atom stereocenters. The minimum absolute atomic E-state index is 0.103. The van der Waals surface area contributed by atoms with Crippen molar-refractivity contribution in [3.8, 4) is 16.9 Å². The van der Waals surface area contributed by atoms with Crippen LogP contribution in [0.4, 0.5) is 0 Å². The lowest BCUT2D eigenvalue weighted by atomic mass is 9.96. The number of benzene rings is 2. The highest BCUT2D eigenvalue weighted by molar-refractivity contribution is 5.93. The van der Waals surface area contributed by atoms with Crippen LogP contribution in [0.5, 0.6) is 5.75 Å². The van der Waals surface area contributed by atoms with Gasteiger partial charge in [-0.2, -0.15) is 0 Å². The van der Waals surface area contributed by atoms with Crippen molar-refractivity contribution in [2.24, 2.45) is 0 Å². The predicted molar refractivity (Wildman–Crippen MR) is 164 cm³/mol. The molecular formula is C35H41N3O5. The number of carbonyl (C=O) groups is 1. The van der Waals surface area contributed by atoms with Gasteiger partial charge in [0.2, 0.25) is 0 Å². The molecule has 0 N–H and O–H groups in total. The topological polar surface area (TPSA) is 81.2 Å². The number of ether oxygens (including phenoxy) is 2. The van der Waals surface area contributed by atoms with Crippen molar-refractivity contribution in [3.63, 3.8) is 0 Å². The van der Waals surface area contributed by atoms with Gasteiger partial charge >= 0.3 is 0 Å². The molecule has 0 aliphatic carbocycles. The fourth-order valence-electron chi connectivity index (χ4n) is 6.25. The lowest BCUT2D eigenvalue weighted by Crippen LogP contribution is -2.34. The molecule has 1 saturated heterocycles. The fourth-order valence-corrected chi connectivity index (χ4v) is 6.25. The highest BCUT2D eigenvalue weighted by atomic mass is 16.5. The summed E-state index contributed by atoms with van der Waals surface area (Å²) >= 11 is 0. The predicted octanol–water partition coefficient (Wildman–Crippen LogP) is 6.49. The SMILES string of the molecule is Cc1cc(CN2CCCCC2)oc1C(=O)N1CCOCCOc2ccc(-c3c(C)noc3C)cc2Cc2cccc(c2)C1. The number of likely N-dealkylation sites (tertiary alicyclic amines) is 1. The third-order valence-corrected chi connectivity index (χ3v) is 8.41. The van der Waals surface area contributed by atoms with Gasteiger partial charge < -0.3 is 23.3 Å². The van der Waals surface area contributed by atoms with Crippen LogP contribution in [0.1, 0.15) is 69.3 Å². The average molecular weight is 584 g/mol. The van der Waals surface area contributed by atoms with Gasteiger partial charge in [0.15, 0.2) is 5.76 Å². The minimum Gasteiger partial charge on any atom is -0.491 e. The number of rotatable bonds is 4. The Labute approximate surface area is 253 Å². The molecule has 0 unspecified atom stereocenters. The third-order valence-electron chi connectivity index (χ3n) is 8.41. The number of fused-ring (bicyclic) bond motifs is 3. The summed E-state index contributed by atoms with van der Waals surface area (Å²) in [5.74, 6) is 2.81. The molecule has 0 saturated carbocycles. The number of carbonyl (C=O) groups excluding carboxylic acids is 1. The number of furan rings is 1. The lowest BCUT2D eigenvalue weighted by Gasteiger charge is -2.25. The van der Waals surface area contributed by atoms with Crippen LogP contribution in [0.25, 0.3) is 11.1 Å². The first-order chi connectivity index (χ1) is 20.9. The number of aromatic nitrogens is 1. The van der Waals surface area contributed by atoms with Crippen molar-refractivity contribution in [3.05, 3.63) is 93.8 Å². The highest BCUT2D eigenvalue weighted by Crippen LogP contribution is 2.32. The van der Waals surface area contributed by atoms with Crippen LogP contribution in [0, 0.1) is 20.8 Å². The molecule has 2 aliphatic heterocycles. The Balaban J connectivity index is 1.25. The quantitative estimate of drug-likeness (QED) is 0.272. The van der Waals surface area contributed by atoms with Gasteiger partial charge in [-0.05, 0) is 87.2 Å². The van der Waals surface area contributed by atoms with E-state index in [-0.39, 0.29) is 5.91 Å². The number of hydrogen-bond donors (Lipinski definition) is 0. The zero-order valence-corrected chi connectivity index (χ0v) is 25.5. The van der Waals surface area contributed by atoms with Crippen LogP contribution >= 0.6 is 0 Å². The molecule has 2 aliphatic rings. The standard InChI is InChI=1S/C35H41N3O5/c1-24-18-31(23-37-12-5-4-6-13-37)42-34(24)35(39)38-14-15-40-16-17-41-32-11-10-29(33-25(2)36-43-26(33)3)21-30(32)20-27-8-7-9-28(19-27)22-38/h7-11,18-19,21H,4-6,12-17,20,22-23H2,1-3H3. The van der Waals surface area contributed by atoms with E-state index in [9.17, 15) is 4.79 Å². The maximum absolute atomic E-state index is 13.9. The molecule has 4 aromatic rings. The molecule has 4 heterocycles. The smallest absolute Gasteiger partial charge is 0.290 e. The number of hydrogen-bond acceptors (Lipinski definition) is 7. The van der Waals surface area contributed by atoms with Crippen LogP contribution in [-0.4, -0.2) is 60.3 Å². The number of piperidine rings is 1. The Morgan fingerprint density at radius 2 is 1.74 bits per heavy atom. The lowest BCUT2D eigenvalue weighted by molar-refractivity contribution is 0.0544. The summed E-state index contributed by atoms with van der Waals surface area (Å²) in [4.78, 5) is 18.1. The number of nitrogens with zero attached hydrogens (tertiary/aromatic N) is 3. The zero-order chi connectivity index (χ0) is 29.8. The maximum Gasteiger partial charge on any atom is 0.290 e. The summed E-state index contributed by atoms with van der Waals surface area (Å²) in [5.41, 5.74) is 7.10. The van der Waals surface area contributed by atoms with Crippen molar-refractivity contribution in [1.82, 2.24) is 15.0 Å². The van der Waals surface area contributed by atoms with Crippen LogP contribution in [0.2, 0.25) is 0 Å². The molecule has 43 heavy (non-hydrogen) atoms. The number of amides is 1. The van der Waals surface area contributed by atoms with Gasteiger partial charge in [0.1, 0.15) is 23.9 Å². The van der Waals surface area contributed by atoms with Gasteiger partial charge in [-0.25, -0.2) is 0 Å². The largest absolute Gasteiger partial charge is 0.491 e. The van der Waals surface area contributed by atoms with Crippen LogP contribution in [-0.2, 0) is 24.2 Å². The second-order valence-electron chi connectivity index (χ2n) is 11.8. The molecule has 2 aromatic heterocycles. The van der Waals surface area contributed by atoms with E-state index < -0.39 is 0 Å². The van der Waals surface area contributed by atoms with Gasteiger partial charge in [0.05, 0.1) is 25.5 Å². The second-order valence-corrected chi connectivity index (χ2v) is 11.8. The van der Waals surface area contributed by atoms with E-state index in [2.05, 4.69) is 46.5 Å². The first kappa shape index (κ1) is 29.2. The van der Waals surface area contributed by atoms with E-state index in [1.807, 2.05) is 37.8 Å². The molecule has 6 rings (SSSR count). The molecule has 1 amide bonds. The molecule has 8 heteroatoms. The van der Waals surface area contributed by atoms with Gasteiger partial charge in [0.25, 0.3) is 5.91 Å². The van der Waals surface area contributed by atoms with Gasteiger partial charge in [-0.15, -0.1) is 0 Å². The van der Waals surface area contributed by atoms with E-state index in [1.54, 1.807) is 0 Å². The molecule has 2 aromatic carbocycles. The Hall–Kier alpha value is -3.88. The van der Waals surface area contributed by atoms with Crippen LogP contribution in [0.3, 0.4) is 0 Å². The normalized spacial score (nSPS) is 16.8. The summed E-state index contributed by atoms with van der Waals surface area (Å²) in [6.45, 7) is 11.0. The Bertz CT molecular complexity index is 1550. The van der Waals surface area contributed by atoms with Gasteiger partial charge in [-0.3, -0.25) is 9.69 Å². The summed E-state index contributed by atoms with van der Waals surface area (Å²) in [6, 6.07) is 16.7. The third kappa shape index (κ3) is 6.86. The summed E-state index contributed by atoms with van der Waals surface area (Å²) < 4.78 is 23.8. The first-order valence-corrected chi connectivity index (χ1v) is 15.4. The second kappa shape index (κ2) is 13.2. The first-order valence-electron chi connectivity index (χ1n) is 15.4. The average Bonchev–Trinajstić information content (AvgIpc) is 3.54.